The maximum atomic E-state index is 12.6. The summed E-state index contributed by atoms with van der Waals surface area (Å²) in [6, 6.07) is 12.4. The summed E-state index contributed by atoms with van der Waals surface area (Å²) < 4.78 is 0. The van der Waals surface area contributed by atoms with Gasteiger partial charge >= 0.3 is 0 Å². The van der Waals surface area contributed by atoms with Gasteiger partial charge in [-0.15, -0.1) is 0 Å². The van der Waals surface area contributed by atoms with Crippen LogP contribution in [0.2, 0.25) is 0 Å². The number of carbonyl (C=O) groups is 3. The van der Waals surface area contributed by atoms with Crippen LogP contribution in [0.4, 0.5) is 11.4 Å². The van der Waals surface area contributed by atoms with Crippen molar-refractivity contribution in [1.82, 2.24) is 0 Å². The second kappa shape index (κ2) is 6.41. The number of hydrogen-bond donors (Lipinski definition) is 1. The fraction of sp³-hybridized carbons (Fsp3) is 0.0556. The van der Waals surface area contributed by atoms with E-state index in [-0.39, 0.29) is 16.3 Å². The Morgan fingerprint density at radius 2 is 1.60 bits per heavy atom. The van der Waals surface area contributed by atoms with E-state index in [9.17, 15) is 19.5 Å². The Bertz CT molecular complexity index is 902. The van der Waals surface area contributed by atoms with Crippen molar-refractivity contribution in [3.05, 3.63) is 70.4 Å². The molecule has 2 amide bonds. The van der Waals surface area contributed by atoms with Gasteiger partial charge in [-0.3, -0.25) is 9.59 Å². The smallest absolute Gasteiger partial charge is 0.283 e. The summed E-state index contributed by atoms with van der Waals surface area (Å²) in [4.78, 5) is 36.7. The van der Waals surface area contributed by atoms with Gasteiger partial charge in [-0.05, 0) is 36.8 Å². The Labute approximate surface area is 148 Å². The third-order valence-corrected chi connectivity index (χ3v) is 4.06. The van der Waals surface area contributed by atoms with Crippen molar-refractivity contribution in [2.24, 2.45) is 0 Å². The predicted molar refractivity (Wildman–Crippen MR) is 90.9 cm³/mol. The number of amides is 2. The number of hydrogen-bond acceptors (Lipinski definition) is 5. The van der Waals surface area contributed by atoms with Crippen LogP contribution < -0.4 is 15.3 Å². The van der Waals surface area contributed by atoms with Crippen LogP contribution in [0.25, 0.3) is 0 Å². The van der Waals surface area contributed by atoms with E-state index in [4.69, 9.17) is 11.6 Å². The average molecular weight is 356 g/mol. The van der Waals surface area contributed by atoms with Crippen LogP contribution in [0.5, 0.6) is 0 Å². The molecule has 6 nitrogen and oxygen atoms in total. The van der Waals surface area contributed by atoms with Crippen LogP contribution in [0.15, 0.2) is 59.3 Å². The molecular formula is C18H12ClN2O4-. The van der Waals surface area contributed by atoms with Gasteiger partial charge in [0.2, 0.25) is 0 Å². The van der Waals surface area contributed by atoms with Gasteiger partial charge in [0.1, 0.15) is 10.7 Å². The minimum atomic E-state index is -1.30. The van der Waals surface area contributed by atoms with E-state index in [1.165, 1.54) is 24.3 Å². The van der Waals surface area contributed by atoms with Crippen LogP contribution in [0, 0.1) is 6.92 Å². The Balaban J connectivity index is 1.86. The van der Waals surface area contributed by atoms with E-state index in [2.05, 4.69) is 5.32 Å². The normalized spacial score (nSPS) is 14.2. The maximum absolute atomic E-state index is 12.6. The van der Waals surface area contributed by atoms with Crippen molar-refractivity contribution in [2.45, 2.75) is 6.92 Å². The maximum Gasteiger partial charge on any atom is 0.283 e. The fourth-order valence-electron chi connectivity index (χ4n) is 2.37. The van der Waals surface area contributed by atoms with Crippen molar-refractivity contribution in [3.8, 4) is 0 Å². The molecule has 1 aliphatic heterocycles. The molecule has 1 aliphatic rings. The second-order valence-corrected chi connectivity index (χ2v) is 5.84. The number of carbonyl (C=O) groups excluding carboxylic acids is 3. The lowest BCUT2D eigenvalue weighted by atomic mass is 10.2. The molecule has 0 atom stereocenters. The Morgan fingerprint density at radius 1 is 1.00 bits per heavy atom. The number of aromatic carboxylic acids is 1. The Morgan fingerprint density at radius 3 is 2.16 bits per heavy atom. The van der Waals surface area contributed by atoms with Crippen LogP contribution in [0.1, 0.15) is 15.9 Å². The van der Waals surface area contributed by atoms with Gasteiger partial charge in [0.15, 0.2) is 0 Å². The molecule has 0 unspecified atom stereocenters. The summed E-state index contributed by atoms with van der Waals surface area (Å²) in [5.41, 5.74) is 1.77. The fourth-order valence-corrected chi connectivity index (χ4v) is 2.59. The first-order valence-corrected chi connectivity index (χ1v) is 7.70. The topological polar surface area (TPSA) is 89.5 Å². The first-order valence-electron chi connectivity index (χ1n) is 7.32. The standard InChI is InChI=1S/C18H13ClN2O4/c1-10-2-8-13(9-3-10)21-16(22)14(19)15(17(21)23)20-12-6-4-11(5-7-12)18(24)25/h2-9,20H,1H3,(H,24,25)/p-1. The van der Waals surface area contributed by atoms with E-state index < -0.39 is 17.8 Å². The SMILES string of the molecule is Cc1ccc(N2C(=O)C(Cl)=C(Nc3ccc(C(=O)[O-])cc3)C2=O)cc1. The van der Waals surface area contributed by atoms with E-state index in [1.807, 2.05) is 6.92 Å². The zero-order valence-electron chi connectivity index (χ0n) is 13.1. The van der Waals surface area contributed by atoms with Crippen molar-refractivity contribution in [1.29, 1.82) is 0 Å². The highest BCUT2D eigenvalue weighted by atomic mass is 35.5. The number of carboxylic acid groups (broad SMARTS) is 1. The minimum absolute atomic E-state index is 0.000679. The molecule has 2 aromatic carbocycles. The third-order valence-electron chi connectivity index (χ3n) is 3.71. The zero-order valence-corrected chi connectivity index (χ0v) is 13.8. The van der Waals surface area contributed by atoms with Gasteiger partial charge < -0.3 is 15.2 Å². The molecule has 0 spiro atoms. The molecule has 1 N–H and O–H groups in total. The molecule has 1 heterocycles. The quantitative estimate of drug-likeness (QED) is 0.844. The molecule has 0 bridgehead atoms. The number of anilines is 2. The molecule has 0 saturated heterocycles. The molecular weight excluding hydrogens is 344 g/mol. The Kier molecular flexibility index (Phi) is 4.29. The van der Waals surface area contributed by atoms with Crippen molar-refractivity contribution >= 4 is 40.8 Å². The molecule has 0 aliphatic carbocycles. The number of nitrogens with one attached hydrogen (secondary N) is 1. The number of carboxylic acids is 1. The molecule has 25 heavy (non-hydrogen) atoms. The van der Waals surface area contributed by atoms with E-state index in [0.717, 1.165) is 10.5 Å². The number of nitrogens with zero attached hydrogens (tertiary/aromatic N) is 1. The van der Waals surface area contributed by atoms with Crippen LogP contribution in [0.3, 0.4) is 0 Å². The van der Waals surface area contributed by atoms with Gasteiger partial charge in [-0.1, -0.05) is 41.4 Å². The van der Waals surface area contributed by atoms with Crippen molar-refractivity contribution in [3.63, 3.8) is 0 Å². The highest BCUT2D eigenvalue weighted by molar-refractivity contribution is 6.53. The molecule has 0 aromatic heterocycles. The summed E-state index contributed by atoms with van der Waals surface area (Å²) in [6.45, 7) is 1.89. The monoisotopic (exact) mass is 355 g/mol. The highest BCUT2D eigenvalue weighted by Crippen LogP contribution is 2.30. The molecule has 0 saturated carbocycles. The summed E-state index contributed by atoms with van der Waals surface area (Å²) in [6.07, 6.45) is 0. The minimum Gasteiger partial charge on any atom is -0.545 e. The summed E-state index contributed by atoms with van der Waals surface area (Å²) >= 11 is 6.03. The second-order valence-electron chi connectivity index (χ2n) is 5.46. The third kappa shape index (κ3) is 3.12. The number of aryl methyl sites for hydroxylation is 1. The first-order chi connectivity index (χ1) is 11.9. The molecule has 2 aromatic rings. The zero-order chi connectivity index (χ0) is 18.1. The lowest BCUT2D eigenvalue weighted by Gasteiger charge is -2.15. The lowest BCUT2D eigenvalue weighted by molar-refractivity contribution is -0.255. The number of benzene rings is 2. The molecule has 0 fully saturated rings. The van der Waals surface area contributed by atoms with Gasteiger partial charge in [0, 0.05) is 5.69 Å². The van der Waals surface area contributed by atoms with Crippen LogP contribution in [-0.2, 0) is 9.59 Å². The highest BCUT2D eigenvalue weighted by Gasteiger charge is 2.38. The Hall–Kier alpha value is -3.12. The van der Waals surface area contributed by atoms with E-state index >= 15 is 0 Å². The molecule has 0 radical (unpaired) electrons. The van der Waals surface area contributed by atoms with Gasteiger partial charge in [-0.25, -0.2) is 4.90 Å². The lowest BCUT2D eigenvalue weighted by Crippen LogP contribution is -2.32. The summed E-state index contributed by atoms with van der Waals surface area (Å²) in [7, 11) is 0. The van der Waals surface area contributed by atoms with Crippen molar-refractivity contribution < 1.29 is 19.5 Å². The van der Waals surface area contributed by atoms with Gasteiger partial charge in [0.05, 0.1) is 11.7 Å². The molecule has 3 rings (SSSR count). The number of rotatable bonds is 4. The summed E-state index contributed by atoms with van der Waals surface area (Å²) in [5.74, 6) is -2.51. The van der Waals surface area contributed by atoms with Gasteiger partial charge in [0.25, 0.3) is 11.8 Å². The predicted octanol–water partition coefficient (Wildman–Crippen LogP) is 1.79. The number of imide groups is 1. The molecule has 7 heteroatoms. The summed E-state index contributed by atoms with van der Waals surface area (Å²) in [5, 5.41) is 13.3. The average Bonchev–Trinajstić information content (AvgIpc) is 2.80. The molecule has 126 valence electrons. The van der Waals surface area contributed by atoms with E-state index in [0.29, 0.717) is 11.4 Å². The first kappa shape index (κ1) is 16.7. The largest absolute Gasteiger partial charge is 0.545 e. The van der Waals surface area contributed by atoms with Gasteiger partial charge in [-0.2, -0.15) is 0 Å². The van der Waals surface area contributed by atoms with Crippen LogP contribution >= 0.6 is 11.6 Å². The van der Waals surface area contributed by atoms with E-state index in [1.54, 1.807) is 24.3 Å². The van der Waals surface area contributed by atoms with Crippen LogP contribution in [-0.4, -0.2) is 17.8 Å². The van der Waals surface area contributed by atoms with Crippen molar-refractivity contribution in [2.75, 3.05) is 10.2 Å². The number of halogens is 1.